The van der Waals surface area contributed by atoms with Crippen LogP contribution in [0.4, 0.5) is 0 Å². The molecule has 27 heavy (non-hydrogen) atoms. The fourth-order valence-corrected chi connectivity index (χ4v) is 4.32. The van der Waals surface area contributed by atoms with Gasteiger partial charge in [-0.15, -0.1) is 0 Å². The number of likely N-dealkylation sites (tertiary alicyclic amines) is 2. The third-order valence-corrected chi connectivity index (χ3v) is 5.98. The normalized spacial score (nSPS) is 19.0. The summed E-state index contributed by atoms with van der Waals surface area (Å²) in [6, 6.07) is 7.90. The van der Waals surface area contributed by atoms with Crippen LogP contribution < -0.4 is 0 Å². The number of nitrogens with zero attached hydrogens (tertiary/aromatic N) is 3. The van der Waals surface area contributed by atoms with Gasteiger partial charge in [0.25, 0.3) is 0 Å². The second-order valence-corrected chi connectivity index (χ2v) is 7.86. The van der Waals surface area contributed by atoms with E-state index in [1.54, 1.807) is 12.4 Å². The lowest BCUT2D eigenvalue weighted by molar-refractivity contribution is -0.133. The van der Waals surface area contributed by atoms with Gasteiger partial charge < -0.3 is 14.8 Å². The van der Waals surface area contributed by atoms with Crippen LogP contribution in [0.25, 0.3) is 0 Å². The maximum Gasteiger partial charge on any atom is 0.223 e. The van der Waals surface area contributed by atoms with Gasteiger partial charge >= 0.3 is 0 Å². The molecule has 0 aliphatic carbocycles. The Morgan fingerprint density at radius 2 is 1.96 bits per heavy atom. The van der Waals surface area contributed by atoms with Crippen molar-refractivity contribution in [2.24, 2.45) is 5.41 Å². The summed E-state index contributed by atoms with van der Waals surface area (Å²) < 4.78 is 0. The summed E-state index contributed by atoms with van der Waals surface area (Å²) in [6.07, 6.45) is 9.17. The molecular formula is C21H26N4O2. The number of hydrogen-bond donors (Lipinski definition) is 1. The molecule has 2 fully saturated rings. The lowest BCUT2D eigenvalue weighted by Gasteiger charge is -2.39. The summed E-state index contributed by atoms with van der Waals surface area (Å²) in [5, 5.41) is 0. The second-order valence-electron chi connectivity index (χ2n) is 7.86. The molecule has 2 saturated heterocycles. The summed E-state index contributed by atoms with van der Waals surface area (Å²) in [7, 11) is 0. The van der Waals surface area contributed by atoms with Crippen molar-refractivity contribution < 1.29 is 9.59 Å². The molecule has 142 valence electrons. The van der Waals surface area contributed by atoms with Crippen LogP contribution in [0.2, 0.25) is 0 Å². The molecule has 4 rings (SSSR count). The van der Waals surface area contributed by atoms with Gasteiger partial charge in [0.15, 0.2) is 0 Å². The first-order valence-electron chi connectivity index (χ1n) is 9.70. The number of rotatable bonds is 5. The van der Waals surface area contributed by atoms with E-state index >= 15 is 0 Å². The third-order valence-electron chi connectivity index (χ3n) is 5.98. The molecule has 2 aliphatic rings. The van der Waals surface area contributed by atoms with Crippen LogP contribution in [0, 0.1) is 5.41 Å². The molecule has 0 aromatic carbocycles. The van der Waals surface area contributed by atoms with Gasteiger partial charge in [0, 0.05) is 68.7 Å². The van der Waals surface area contributed by atoms with Crippen molar-refractivity contribution in [3.05, 3.63) is 54.1 Å². The van der Waals surface area contributed by atoms with Gasteiger partial charge in [0.05, 0.1) is 0 Å². The van der Waals surface area contributed by atoms with Crippen LogP contribution in [-0.2, 0) is 22.6 Å². The summed E-state index contributed by atoms with van der Waals surface area (Å²) in [5.74, 6) is 0.454. The fraction of sp³-hybridized carbons (Fsp3) is 0.476. The summed E-state index contributed by atoms with van der Waals surface area (Å²) in [5.41, 5.74) is 2.26. The summed E-state index contributed by atoms with van der Waals surface area (Å²) >= 11 is 0. The fourth-order valence-electron chi connectivity index (χ4n) is 4.32. The minimum Gasteiger partial charge on any atom is -0.365 e. The van der Waals surface area contributed by atoms with Crippen LogP contribution in [-0.4, -0.2) is 51.2 Å². The Bertz CT molecular complexity index is 780. The Morgan fingerprint density at radius 1 is 1.19 bits per heavy atom. The molecule has 2 aliphatic heterocycles. The van der Waals surface area contributed by atoms with Gasteiger partial charge in [-0.2, -0.15) is 0 Å². The number of hydrogen-bond acceptors (Lipinski definition) is 3. The Kier molecular flexibility index (Phi) is 4.97. The number of aromatic nitrogens is 2. The first kappa shape index (κ1) is 17.8. The molecule has 1 N–H and O–H groups in total. The molecule has 4 heterocycles. The third kappa shape index (κ3) is 4.04. The average Bonchev–Trinajstić information content (AvgIpc) is 3.30. The Hall–Kier alpha value is -2.63. The highest BCUT2D eigenvalue weighted by atomic mass is 16.2. The van der Waals surface area contributed by atoms with E-state index in [2.05, 4.69) is 9.97 Å². The molecular weight excluding hydrogens is 340 g/mol. The van der Waals surface area contributed by atoms with Gasteiger partial charge in [0.1, 0.15) is 0 Å². The quantitative estimate of drug-likeness (QED) is 0.883. The number of piperidine rings is 1. The van der Waals surface area contributed by atoms with Crippen molar-refractivity contribution >= 4 is 11.8 Å². The van der Waals surface area contributed by atoms with Gasteiger partial charge in [-0.1, -0.05) is 0 Å². The van der Waals surface area contributed by atoms with E-state index in [-0.39, 0.29) is 17.2 Å². The highest BCUT2D eigenvalue weighted by molar-refractivity contribution is 5.80. The molecule has 6 heteroatoms. The highest BCUT2D eigenvalue weighted by Crippen LogP contribution is 2.41. The van der Waals surface area contributed by atoms with Crippen LogP contribution in [0.5, 0.6) is 0 Å². The van der Waals surface area contributed by atoms with Gasteiger partial charge in [-0.25, -0.2) is 0 Å². The van der Waals surface area contributed by atoms with E-state index in [1.807, 2.05) is 40.3 Å². The molecule has 1 spiro atoms. The SMILES string of the molecule is O=C(CCc1ccc[nH]1)N1CCC2(CC1)CC(=O)N(Cc1ccncc1)C2. The van der Waals surface area contributed by atoms with E-state index < -0.39 is 0 Å². The Morgan fingerprint density at radius 3 is 2.67 bits per heavy atom. The summed E-state index contributed by atoms with van der Waals surface area (Å²) in [6.45, 7) is 2.99. The van der Waals surface area contributed by atoms with Gasteiger partial charge in [-0.3, -0.25) is 14.6 Å². The smallest absolute Gasteiger partial charge is 0.223 e. The largest absolute Gasteiger partial charge is 0.365 e. The first-order chi connectivity index (χ1) is 13.1. The lowest BCUT2D eigenvalue weighted by atomic mass is 9.77. The molecule has 0 radical (unpaired) electrons. The maximum atomic E-state index is 12.5. The second kappa shape index (κ2) is 7.55. The van der Waals surface area contributed by atoms with E-state index in [0.29, 0.717) is 19.4 Å². The van der Waals surface area contributed by atoms with Crippen molar-refractivity contribution in [2.45, 2.75) is 38.6 Å². The van der Waals surface area contributed by atoms with E-state index in [1.165, 1.54) is 0 Å². The van der Waals surface area contributed by atoms with Gasteiger partial charge in [0.2, 0.25) is 11.8 Å². The minimum atomic E-state index is 0.0420. The monoisotopic (exact) mass is 366 g/mol. The standard InChI is InChI=1S/C21H26N4O2/c26-19(4-3-18-2-1-9-23-18)24-12-7-21(8-13-24)14-20(27)25(16-21)15-17-5-10-22-11-6-17/h1-2,5-6,9-11,23H,3-4,7-8,12-16H2. The zero-order valence-electron chi connectivity index (χ0n) is 15.6. The highest BCUT2D eigenvalue weighted by Gasteiger charge is 2.45. The molecule has 2 amide bonds. The molecule has 0 unspecified atom stereocenters. The molecule has 0 bridgehead atoms. The Labute approximate surface area is 159 Å². The predicted octanol–water partition coefficient (Wildman–Crippen LogP) is 2.38. The molecule has 0 atom stereocenters. The number of pyridine rings is 1. The number of carbonyl (C=O) groups is 2. The number of H-pyrrole nitrogens is 1. The minimum absolute atomic E-state index is 0.0420. The number of aromatic amines is 1. The molecule has 2 aromatic heterocycles. The van der Waals surface area contributed by atoms with Crippen LogP contribution >= 0.6 is 0 Å². The zero-order valence-corrected chi connectivity index (χ0v) is 15.6. The molecule has 0 saturated carbocycles. The van der Waals surface area contributed by atoms with Crippen molar-refractivity contribution in [1.29, 1.82) is 0 Å². The van der Waals surface area contributed by atoms with Gasteiger partial charge in [-0.05, 0) is 49.1 Å². The summed E-state index contributed by atoms with van der Waals surface area (Å²) in [4.78, 5) is 36.2. The van der Waals surface area contributed by atoms with Crippen molar-refractivity contribution in [3.8, 4) is 0 Å². The number of carbonyl (C=O) groups excluding carboxylic acids is 2. The first-order valence-corrected chi connectivity index (χ1v) is 9.70. The molecule has 6 nitrogen and oxygen atoms in total. The molecule has 2 aromatic rings. The maximum absolute atomic E-state index is 12.5. The topological polar surface area (TPSA) is 69.3 Å². The van der Waals surface area contributed by atoms with E-state index in [0.717, 1.165) is 50.2 Å². The number of aryl methyl sites for hydroxylation is 1. The number of amides is 2. The van der Waals surface area contributed by atoms with E-state index in [4.69, 9.17) is 0 Å². The van der Waals surface area contributed by atoms with Crippen LogP contribution in [0.1, 0.15) is 36.9 Å². The Balaban J connectivity index is 1.29. The van der Waals surface area contributed by atoms with E-state index in [9.17, 15) is 9.59 Å². The average molecular weight is 366 g/mol. The number of nitrogens with one attached hydrogen (secondary N) is 1. The predicted molar refractivity (Wildman–Crippen MR) is 102 cm³/mol. The van der Waals surface area contributed by atoms with Crippen LogP contribution in [0.15, 0.2) is 42.9 Å². The van der Waals surface area contributed by atoms with Crippen LogP contribution in [0.3, 0.4) is 0 Å². The van der Waals surface area contributed by atoms with Crippen molar-refractivity contribution in [1.82, 2.24) is 19.8 Å². The lowest BCUT2D eigenvalue weighted by Crippen LogP contribution is -2.44. The zero-order chi connectivity index (χ0) is 18.7. The van der Waals surface area contributed by atoms with Crippen molar-refractivity contribution in [2.75, 3.05) is 19.6 Å². The van der Waals surface area contributed by atoms with Crippen molar-refractivity contribution in [3.63, 3.8) is 0 Å².